The third-order valence-corrected chi connectivity index (χ3v) is 4.30. The van der Waals surface area contributed by atoms with Crippen molar-refractivity contribution < 1.29 is 4.79 Å². The summed E-state index contributed by atoms with van der Waals surface area (Å²) >= 11 is 1.59. The van der Waals surface area contributed by atoms with Crippen LogP contribution in [0.2, 0.25) is 0 Å². The lowest BCUT2D eigenvalue weighted by Gasteiger charge is -2.19. The Bertz CT molecular complexity index is 430. The number of urea groups is 1. The maximum Gasteiger partial charge on any atom is 0.320 e. The second-order valence-electron chi connectivity index (χ2n) is 4.23. The molecule has 2 aliphatic rings. The van der Waals surface area contributed by atoms with Crippen molar-refractivity contribution in [2.75, 3.05) is 12.4 Å². The summed E-state index contributed by atoms with van der Waals surface area (Å²) in [6.45, 7) is 0. The van der Waals surface area contributed by atoms with Gasteiger partial charge in [-0.1, -0.05) is 11.3 Å². The zero-order valence-corrected chi connectivity index (χ0v) is 9.86. The van der Waals surface area contributed by atoms with Crippen molar-refractivity contribution in [2.45, 2.75) is 31.3 Å². The lowest BCUT2D eigenvalue weighted by Crippen LogP contribution is -2.31. The summed E-state index contributed by atoms with van der Waals surface area (Å²) in [5, 5.41) is 9.54. The van der Waals surface area contributed by atoms with Crippen molar-refractivity contribution in [3.05, 3.63) is 10.6 Å². The summed E-state index contributed by atoms with van der Waals surface area (Å²) in [7, 11) is 1.60. The molecule has 1 fully saturated rings. The molecule has 1 saturated heterocycles. The molecule has 0 aromatic carbocycles. The van der Waals surface area contributed by atoms with Gasteiger partial charge in [-0.05, 0) is 12.8 Å². The zero-order valence-electron chi connectivity index (χ0n) is 9.04. The Labute approximate surface area is 97.6 Å². The van der Waals surface area contributed by atoms with Gasteiger partial charge < -0.3 is 10.6 Å². The SMILES string of the molecule is CNC(=O)Nc1nc2c(s1)[C@@H]1CC[C@H](C2)N1. The van der Waals surface area contributed by atoms with Crippen LogP contribution in [0.4, 0.5) is 9.93 Å². The molecule has 2 amide bonds. The van der Waals surface area contributed by atoms with Crippen LogP contribution < -0.4 is 16.0 Å². The van der Waals surface area contributed by atoms with Crippen LogP contribution in [0.25, 0.3) is 0 Å². The van der Waals surface area contributed by atoms with Crippen molar-refractivity contribution in [2.24, 2.45) is 0 Å². The summed E-state index contributed by atoms with van der Waals surface area (Å²) < 4.78 is 0. The van der Waals surface area contributed by atoms with E-state index in [2.05, 4.69) is 20.9 Å². The highest BCUT2D eigenvalue weighted by molar-refractivity contribution is 7.16. The molecule has 3 N–H and O–H groups in total. The zero-order chi connectivity index (χ0) is 11.1. The molecule has 0 radical (unpaired) electrons. The van der Waals surface area contributed by atoms with Gasteiger partial charge in [0, 0.05) is 30.4 Å². The quantitative estimate of drug-likeness (QED) is 0.689. The number of thiazole rings is 1. The van der Waals surface area contributed by atoms with Crippen LogP contribution in [-0.4, -0.2) is 24.1 Å². The van der Waals surface area contributed by atoms with Gasteiger partial charge >= 0.3 is 6.03 Å². The fourth-order valence-electron chi connectivity index (χ4n) is 2.42. The lowest BCUT2D eigenvalue weighted by atomic mass is 10.1. The molecule has 1 aromatic heterocycles. The molecule has 0 aliphatic carbocycles. The number of hydrogen-bond acceptors (Lipinski definition) is 4. The molecular formula is C10H14N4OS. The van der Waals surface area contributed by atoms with Gasteiger partial charge in [-0.15, -0.1) is 0 Å². The predicted molar refractivity (Wildman–Crippen MR) is 62.8 cm³/mol. The van der Waals surface area contributed by atoms with Crippen molar-refractivity contribution >= 4 is 22.5 Å². The molecule has 2 bridgehead atoms. The number of fused-ring (bicyclic) bond motifs is 4. The minimum atomic E-state index is -0.204. The van der Waals surface area contributed by atoms with Gasteiger partial charge in [-0.25, -0.2) is 9.78 Å². The Hall–Kier alpha value is -1.14. The molecule has 1 aromatic rings. The van der Waals surface area contributed by atoms with Crippen LogP contribution in [0.15, 0.2) is 0 Å². The lowest BCUT2D eigenvalue weighted by molar-refractivity contribution is 0.254. The summed E-state index contributed by atoms with van der Waals surface area (Å²) in [6, 6.07) is 0.850. The molecule has 6 heteroatoms. The normalized spacial score (nSPS) is 26.3. The highest BCUT2D eigenvalue weighted by Gasteiger charge is 2.34. The summed E-state index contributed by atoms with van der Waals surface area (Å²) in [5.74, 6) is 0. The smallest absolute Gasteiger partial charge is 0.320 e. The van der Waals surface area contributed by atoms with Gasteiger partial charge in [-0.3, -0.25) is 5.32 Å². The van der Waals surface area contributed by atoms with Crippen LogP contribution in [-0.2, 0) is 6.42 Å². The molecule has 0 spiro atoms. The van der Waals surface area contributed by atoms with Gasteiger partial charge in [0.25, 0.3) is 0 Å². The summed E-state index contributed by atoms with van der Waals surface area (Å²) in [5.41, 5.74) is 1.17. The van der Waals surface area contributed by atoms with Gasteiger partial charge in [0.15, 0.2) is 5.13 Å². The monoisotopic (exact) mass is 238 g/mol. The van der Waals surface area contributed by atoms with E-state index in [0.717, 1.165) is 6.42 Å². The number of carbonyl (C=O) groups excluding carboxylic acids is 1. The van der Waals surface area contributed by atoms with E-state index in [0.29, 0.717) is 17.2 Å². The standard InChI is InChI=1S/C10H14N4OS/c1-11-9(15)14-10-13-7-4-5-2-3-6(12-5)8(7)16-10/h5-6,12H,2-4H2,1H3,(H2,11,13,14,15)/t5-,6+/m1/s1. The van der Waals surface area contributed by atoms with E-state index in [1.165, 1.54) is 23.4 Å². The fraction of sp³-hybridized carbons (Fsp3) is 0.600. The van der Waals surface area contributed by atoms with Crippen LogP contribution in [0.3, 0.4) is 0 Å². The first-order valence-electron chi connectivity index (χ1n) is 5.50. The van der Waals surface area contributed by atoms with Crippen molar-refractivity contribution in [3.8, 4) is 0 Å². The van der Waals surface area contributed by atoms with Gasteiger partial charge in [0.1, 0.15) is 0 Å². The Morgan fingerprint density at radius 1 is 1.56 bits per heavy atom. The molecule has 86 valence electrons. The number of amides is 2. The maximum absolute atomic E-state index is 11.2. The van der Waals surface area contributed by atoms with Gasteiger partial charge in [0.05, 0.1) is 5.69 Å². The summed E-state index contributed by atoms with van der Waals surface area (Å²) in [4.78, 5) is 17.0. The van der Waals surface area contributed by atoms with E-state index in [1.54, 1.807) is 18.4 Å². The number of rotatable bonds is 1. The van der Waals surface area contributed by atoms with E-state index >= 15 is 0 Å². The van der Waals surface area contributed by atoms with E-state index in [-0.39, 0.29) is 6.03 Å². The van der Waals surface area contributed by atoms with Crippen molar-refractivity contribution in [1.82, 2.24) is 15.6 Å². The molecule has 3 rings (SSSR count). The van der Waals surface area contributed by atoms with Gasteiger partial charge in [0.2, 0.25) is 0 Å². The first-order valence-corrected chi connectivity index (χ1v) is 6.32. The second kappa shape index (κ2) is 3.71. The molecular weight excluding hydrogens is 224 g/mol. The predicted octanol–water partition coefficient (Wildman–Crippen LogP) is 1.24. The highest BCUT2D eigenvalue weighted by atomic mass is 32.1. The molecule has 0 unspecified atom stereocenters. The minimum Gasteiger partial charge on any atom is -0.341 e. The van der Waals surface area contributed by atoms with Gasteiger partial charge in [-0.2, -0.15) is 0 Å². The molecule has 16 heavy (non-hydrogen) atoms. The minimum absolute atomic E-state index is 0.204. The van der Waals surface area contributed by atoms with Crippen LogP contribution >= 0.6 is 11.3 Å². The van der Waals surface area contributed by atoms with Crippen LogP contribution in [0.5, 0.6) is 0 Å². The Balaban J connectivity index is 1.84. The first-order chi connectivity index (χ1) is 7.76. The van der Waals surface area contributed by atoms with E-state index < -0.39 is 0 Å². The second-order valence-corrected chi connectivity index (χ2v) is 5.26. The number of nitrogens with one attached hydrogen (secondary N) is 3. The largest absolute Gasteiger partial charge is 0.341 e. The van der Waals surface area contributed by atoms with E-state index in [4.69, 9.17) is 0 Å². The number of aromatic nitrogens is 1. The number of anilines is 1. The third-order valence-electron chi connectivity index (χ3n) is 3.17. The van der Waals surface area contributed by atoms with Crippen molar-refractivity contribution in [3.63, 3.8) is 0 Å². The Morgan fingerprint density at radius 3 is 3.25 bits per heavy atom. The molecule has 3 heterocycles. The Morgan fingerprint density at radius 2 is 2.44 bits per heavy atom. The topological polar surface area (TPSA) is 66.0 Å². The van der Waals surface area contributed by atoms with Crippen LogP contribution in [0, 0.1) is 0 Å². The third kappa shape index (κ3) is 1.58. The average molecular weight is 238 g/mol. The first kappa shape index (κ1) is 10.0. The molecule has 2 atom stereocenters. The fourth-order valence-corrected chi connectivity index (χ4v) is 3.50. The molecule has 5 nitrogen and oxygen atoms in total. The number of nitrogens with zero attached hydrogens (tertiary/aromatic N) is 1. The van der Waals surface area contributed by atoms with Crippen LogP contribution in [0.1, 0.15) is 29.5 Å². The number of hydrogen-bond donors (Lipinski definition) is 3. The number of carbonyl (C=O) groups is 1. The van der Waals surface area contributed by atoms with E-state index in [9.17, 15) is 4.79 Å². The molecule has 0 saturated carbocycles. The maximum atomic E-state index is 11.2. The highest BCUT2D eigenvalue weighted by Crippen LogP contribution is 2.40. The summed E-state index contributed by atoms with van der Waals surface area (Å²) in [6.07, 6.45) is 3.43. The Kier molecular flexibility index (Phi) is 2.33. The van der Waals surface area contributed by atoms with E-state index in [1.807, 2.05) is 0 Å². The molecule has 2 aliphatic heterocycles. The average Bonchev–Trinajstić information content (AvgIpc) is 2.84. The van der Waals surface area contributed by atoms with Crippen molar-refractivity contribution in [1.29, 1.82) is 0 Å².